The molecule has 1 atom stereocenters. The van der Waals surface area contributed by atoms with E-state index >= 15 is 0 Å². The Morgan fingerprint density at radius 3 is 2.33 bits per heavy atom. The molecule has 1 aliphatic carbocycles. The smallest absolute Gasteiger partial charge is 0.328 e. The molecule has 0 radical (unpaired) electrons. The van der Waals surface area contributed by atoms with Crippen LogP contribution in [-0.4, -0.2) is 41.1 Å². The number of amides is 3. The highest BCUT2D eigenvalue weighted by molar-refractivity contribution is 6.07. The van der Waals surface area contributed by atoms with Gasteiger partial charge in [-0.25, -0.2) is 9.69 Å². The summed E-state index contributed by atoms with van der Waals surface area (Å²) in [7, 11) is 0. The zero-order chi connectivity index (χ0) is 13.6. The lowest BCUT2D eigenvalue weighted by atomic mass is 9.97. The standard InChI is InChI=1S/C10H14F3N3O2/c11-10(12,13)6(5-14)16-7(17)9(15-8(16)18)3-1-2-4-9/h6H,1-5,14H2,(H,15,18). The van der Waals surface area contributed by atoms with Gasteiger partial charge in [-0.3, -0.25) is 4.79 Å². The van der Waals surface area contributed by atoms with Gasteiger partial charge in [0.05, 0.1) is 0 Å². The number of hydrogen-bond acceptors (Lipinski definition) is 3. The molecule has 1 saturated carbocycles. The summed E-state index contributed by atoms with van der Waals surface area (Å²) in [5.41, 5.74) is 3.93. The number of halogens is 3. The molecular weight excluding hydrogens is 251 g/mol. The highest BCUT2D eigenvalue weighted by atomic mass is 19.4. The fourth-order valence-corrected chi connectivity index (χ4v) is 2.63. The molecule has 0 aromatic carbocycles. The SMILES string of the molecule is NCC(N1C(=O)NC2(CCCC2)C1=O)C(F)(F)F. The minimum atomic E-state index is -4.70. The van der Waals surface area contributed by atoms with Gasteiger partial charge in [-0.1, -0.05) is 12.8 Å². The van der Waals surface area contributed by atoms with Crippen LogP contribution in [0.3, 0.4) is 0 Å². The van der Waals surface area contributed by atoms with Crippen molar-refractivity contribution < 1.29 is 22.8 Å². The van der Waals surface area contributed by atoms with E-state index in [1.54, 1.807) is 0 Å². The molecule has 3 N–H and O–H groups in total. The van der Waals surface area contributed by atoms with Crippen molar-refractivity contribution in [1.29, 1.82) is 0 Å². The van der Waals surface area contributed by atoms with Crippen LogP contribution in [0.2, 0.25) is 0 Å². The maximum Gasteiger partial charge on any atom is 0.410 e. The van der Waals surface area contributed by atoms with Crippen LogP contribution >= 0.6 is 0 Å². The van der Waals surface area contributed by atoms with Crippen LogP contribution in [-0.2, 0) is 4.79 Å². The van der Waals surface area contributed by atoms with Crippen molar-refractivity contribution in [2.75, 3.05) is 6.54 Å². The molecule has 2 rings (SSSR count). The zero-order valence-electron chi connectivity index (χ0n) is 9.59. The largest absolute Gasteiger partial charge is 0.410 e. The van der Waals surface area contributed by atoms with E-state index in [-0.39, 0.29) is 4.90 Å². The van der Waals surface area contributed by atoms with Crippen LogP contribution in [0.5, 0.6) is 0 Å². The second kappa shape index (κ2) is 4.11. The number of carbonyl (C=O) groups excluding carboxylic acids is 2. The summed E-state index contributed by atoms with van der Waals surface area (Å²) >= 11 is 0. The number of alkyl halides is 3. The minimum absolute atomic E-state index is 0.241. The van der Waals surface area contributed by atoms with Gasteiger partial charge in [-0.15, -0.1) is 0 Å². The normalized spacial score (nSPS) is 24.8. The Balaban J connectivity index is 2.29. The number of carbonyl (C=O) groups is 2. The second-order valence-corrected chi connectivity index (χ2v) is 4.69. The lowest BCUT2D eigenvalue weighted by Crippen LogP contribution is -2.54. The van der Waals surface area contributed by atoms with Gasteiger partial charge in [0.15, 0.2) is 0 Å². The molecule has 8 heteroatoms. The number of nitrogens with one attached hydrogen (secondary N) is 1. The summed E-state index contributed by atoms with van der Waals surface area (Å²) in [5.74, 6) is -0.794. The molecule has 102 valence electrons. The predicted molar refractivity (Wildman–Crippen MR) is 55.5 cm³/mol. The van der Waals surface area contributed by atoms with Crippen molar-refractivity contribution in [3.8, 4) is 0 Å². The number of imide groups is 1. The predicted octanol–water partition coefficient (Wildman–Crippen LogP) is 0.741. The summed E-state index contributed by atoms with van der Waals surface area (Å²) in [6.07, 6.45) is -2.48. The van der Waals surface area contributed by atoms with Crippen molar-refractivity contribution in [3.63, 3.8) is 0 Å². The van der Waals surface area contributed by atoms with Crippen LogP contribution in [0.15, 0.2) is 0 Å². The van der Waals surface area contributed by atoms with Gasteiger partial charge in [-0.05, 0) is 12.8 Å². The molecule has 1 aliphatic heterocycles. The van der Waals surface area contributed by atoms with Gasteiger partial charge < -0.3 is 11.1 Å². The van der Waals surface area contributed by atoms with Gasteiger partial charge in [0.2, 0.25) is 0 Å². The summed E-state index contributed by atoms with van der Waals surface area (Å²) in [6, 6.07) is -3.24. The van der Waals surface area contributed by atoms with Crippen molar-refractivity contribution in [2.45, 2.75) is 43.4 Å². The number of nitrogens with zero attached hydrogens (tertiary/aromatic N) is 1. The second-order valence-electron chi connectivity index (χ2n) is 4.69. The molecule has 0 bridgehead atoms. The third kappa shape index (κ3) is 1.84. The summed E-state index contributed by atoms with van der Waals surface area (Å²) in [6.45, 7) is -0.821. The number of urea groups is 1. The van der Waals surface area contributed by atoms with E-state index in [1.807, 2.05) is 0 Å². The molecule has 1 saturated heterocycles. The number of rotatable bonds is 2. The first kappa shape index (κ1) is 13.1. The maximum absolute atomic E-state index is 12.7. The minimum Gasteiger partial charge on any atom is -0.328 e. The first-order chi connectivity index (χ1) is 8.32. The van der Waals surface area contributed by atoms with E-state index in [2.05, 4.69) is 5.32 Å². The molecule has 2 fully saturated rings. The average Bonchev–Trinajstić information content (AvgIpc) is 2.79. The Morgan fingerprint density at radius 1 is 1.33 bits per heavy atom. The van der Waals surface area contributed by atoms with Crippen molar-refractivity contribution >= 4 is 11.9 Å². The number of nitrogens with two attached hydrogens (primary N) is 1. The van der Waals surface area contributed by atoms with Gasteiger partial charge in [0.1, 0.15) is 11.6 Å². The van der Waals surface area contributed by atoms with E-state index in [4.69, 9.17) is 5.73 Å². The molecule has 1 heterocycles. The lowest BCUT2D eigenvalue weighted by Gasteiger charge is -2.27. The van der Waals surface area contributed by atoms with Crippen molar-refractivity contribution in [2.24, 2.45) is 5.73 Å². The Morgan fingerprint density at radius 2 is 1.89 bits per heavy atom. The molecule has 0 aromatic rings. The highest BCUT2D eigenvalue weighted by Gasteiger charge is 2.58. The van der Waals surface area contributed by atoms with Gasteiger partial charge >= 0.3 is 12.2 Å². The topological polar surface area (TPSA) is 75.4 Å². The number of hydrogen-bond donors (Lipinski definition) is 2. The Hall–Kier alpha value is -1.31. The molecule has 3 amide bonds. The summed E-state index contributed by atoms with van der Waals surface area (Å²) in [4.78, 5) is 23.9. The van der Waals surface area contributed by atoms with Gasteiger partial charge in [0, 0.05) is 6.54 Å². The van der Waals surface area contributed by atoms with E-state index in [0.29, 0.717) is 12.8 Å². The summed E-state index contributed by atoms with van der Waals surface area (Å²) < 4.78 is 38.2. The van der Waals surface area contributed by atoms with Gasteiger partial charge in [-0.2, -0.15) is 13.2 Å². The fraction of sp³-hybridized carbons (Fsp3) is 0.800. The monoisotopic (exact) mass is 265 g/mol. The van der Waals surface area contributed by atoms with Gasteiger partial charge in [0.25, 0.3) is 5.91 Å². The maximum atomic E-state index is 12.7. The lowest BCUT2D eigenvalue weighted by molar-refractivity contribution is -0.179. The van der Waals surface area contributed by atoms with E-state index in [9.17, 15) is 22.8 Å². The quantitative estimate of drug-likeness (QED) is 0.723. The Labute approximate surface area is 101 Å². The van der Waals surface area contributed by atoms with Crippen LogP contribution in [0.1, 0.15) is 25.7 Å². The Bertz CT molecular complexity index is 377. The fourth-order valence-electron chi connectivity index (χ4n) is 2.63. The first-order valence-corrected chi connectivity index (χ1v) is 5.74. The molecule has 5 nitrogen and oxygen atoms in total. The molecule has 1 spiro atoms. The first-order valence-electron chi connectivity index (χ1n) is 5.74. The van der Waals surface area contributed by atoms with Crippen LogP contribution in [0.25, 0.3) is 0 Å². The van der Waals surface area contributed by atoms with E-state index in [1.165, 1.54) is 0 Å². The average molecular weight is 265 g/mol. The van der Waals surface area contributed by atoms with E-state index in [0.717, 1.165) is 12.8 Å². The molecule has 1 unspecified atom stereocenters. The molecule has 0 aromatic heterocycles. The Kier molecular flexibility index (Phi) is 3.00. The van der Waals surface area contributed by atoms with Crippen LogP contribution < -0.4 is 11.1 Å². The third-order valence-electron chi connectivity index (χ3n) is 3.56. The summed E-state index contributed by atoms with van der Waals surface area (Å²) in [5, 5.41) is 2.40. The van der Waals surface area contributed by atoms with Crippen LogP contribution in [0.4, 0.5) is 18.0 Å². The highest BCUT2D eigenvalue weighted by Crippen LogP contribution is 2.37. The van der Waals surface area contributed by atoms with E-state index < -0.39 is 36.2 Å². The third-order valence-corrected chi connectivity index (χ3v) is 3.56. The zero-order valence-corrected chi connectivity index (χ0v) is 9.59. The van der Waals surface area contributed by atoms with Crippen LogP contribution in [0, 0.1) is 0 Å². The van der Waals surface area contributed by atoms with Crippen molar-refractivity contribution in [3.05, 3.63) is 0 Å². The molecular formula is C10H14F3N3O2. The molecule has 18 heavy (non-hydrogen) atoms. The molecule has 2 aliphatic rings. The van der Waals surface area contributed by atoms with Crippen molar-refractivity contribution in [1.82, 2.24) is 10.2 Å².